The van der Waals surface area contributed by atoms with Crippen molar-refractivity contribution in [2.75, 3.05) is 18.5 Å². The highest BCUT2D eigenvalue weighted by Gasteiger charge is 2.34. The Kier molecular flexibility index (Phi) is 8.63. The van der Waals surface area contributed by atoms with Gasteiger partial charge in [0.15, 0.2) is 0 Å². The zero-order valence-electron chi connectivity index (χ0n) is 20.7. The molecule has 1 aliphatic heterocycles. The Labute approximate surface area is 206 Å². The molecule has 0 unspecified atom stereocenters. The van der Waals surface area contributed by atoms with Crippen LogP contribution in [0, 0.1) is 0 Å². The van der Waals surface area contributed by atoms with E-state index in [9.17, 15) is 19.2 Å². The summed E-state index contributed by atoms with van der Waals surface area (Å²) in [7, 11) is 0. The number of ether oxygens (including phenoxy) is 1. The maximum absolute atomic E-state index is 12.5. The van der Waals surface area contributed by atoms with Gasteiger partial charge in [-0.3, -0.25) is 24.1 Å². The lowest BCUT2D eigenvalue weighted by Gasteiger charge is -2.29. The highest BCUT2D eigenvalue weighted by Crippen LogP contribution is 2.23. The number of imide groups is 1. The van der Waals surface area contributed by atoms with Gasteiger partial charge in [0.1, 0.15) is 5.75 Å². The summed E-state index contributed by atoms with van der Waals surface area (Å²) < 4.78 is 5.74. The Balaban J connectivity index is 1.37. The van der Waals surface area contributed by atoms with Gasteiger partial charge in [0.2, 0.25) is 0 Å². The molecule has 0 radical (unpaired) electrons. The number of hydrogen-bond acceptors (Lipinski definition) is 5. The zero-order valence-corrected chi connectivity index (χ0v) is 20.7. The van der Waals surface area contributed by atoms with Gasteiger partial charge in [-0.15, -0.1) is 0 Å². The van der Waals surface area contributed by atoms with Crippen LogP contribution in [0.4, 0.5) is 5.69 Å². The lowest BCUT2D eigenvalue weighted by Crippen LogP contribution is -2.47. The lowest BCUT2D eigenvalue weighted by molar-refractivity contribution is -0.145. The number of amides is 4. The predicted molar refractivity (Wildman–Crippen MR) is 133 cm³/mol. The molecule has 1 heterocycles. The van der Waals surface area contributed by atoms with E-state index in [4.69, 9.17) is 4.74 Å². The summed E-state index contributed by atoms with van der Waals surface area (Å²) in [6, 6.07) is 13.6. The first-order valence-electron chi connectivity index (χ1n) is 12.0. The second-order valence-electron chi connectivity index (χ2n) is 9.10. The van der Waals surface area contributed by atoms with E-state index < -0.39 is 11.8 Å². The number of hydrogen-bond donors (Lipinski definition) is 1. The number of nitrogens with zero attached hydrogens (tertiary/aromatic N) is 2. The molecule has 0 bridgehead atoms. The van der Waals surface area contributed by atoms with E-state index in [0.717, 1.165) is 12.8 Å². The molecule has 0 fully saturated rings. The Morgan fingerprint density at radius 2 is 1.43 bits per heavy atom. The highest BCUT2D eigenvalue weighted by atomic mass is 16.5. The van der Waals surface area contributed by atoms with Gasteiger partial charge in [-0.25, -0.2) is 0 Å². The molecule has 0 atom stereocenters. The number of carbonyl (C=O) groups is 4. The van der Waals surface area contributed by atoms with E-state index in [2.05, 4.69) is 5.32 Å². The van der Waals surface area contributed by atoms with E-state index in [1.54, 1.807) is 53.4 Å². The lowest BCUT2D eigenvalue weighted by atomic mass is 10.1. The minimum atomic E-state index is -0.667. The SMILES string of the molecule is CC(C)N(C(=O)C(=O)Nc1ccc(OCCCCCN2C(=O)c3ccccc3C2=O)cc1)C(C)C. The number of rotatable bonds is 10. The quantitative estimate of drug-likeness (QED) is 0.314. The van der Waals surface area contributed by atoms with Crippen molar-refractivity contribution in [1.82, 2.24) is 9.80 Å². The van der Waals surface area contributed by atoms with Crippen molar-refractivity contribution < 1.29 is 23.9 Å². The van der Waals surface area contributed by atoms with E-state index in [1.165, 1.54) is 4.90 Å². The smallest absolute Gasteiger partial charge is 0.313 e. The molecule has 2 aromatic carbocycles. The topological polar surface area (TPSA) is 96.0 Å². The summed E-state index contributed by atoms with van der Waals surface area (Å²) in [5.74, 6) is -1.02. The van der Waals surface area contributed by atoms with Crippen LogP contribution >= 0.6 is 0 Å². The van der Waals surface area contributed by atoms with Crippen molar-refractivity contribution in [1.29, 1.82) is 0 Å². The van der Waals surface area contributed by atoms with E-state index in [0.29, 0.717) is 42.1 Å². The van der Waals surface area contributed by atoms with Crippen molar-refractivity contribution in [3.05, 3.63) is 59.7 Å². The van der Waals surface area contributed by atoms with E-state index >= 15 is 0 Å². The Bertz CT molecular complexity index is 1040. The average molecular weight is 480 g/mol. The van der Waals surface area contributed by atoms with Crippen LogP contribution in [0.2, 0.25) is 0 Å². The Morgan fingerprint density at radius 3 is 1.97 bits per heavy atom. The summed E-state index contributed by atoms with van der Waals surface area (Å²) in [5.41, 5.74) is 1.47. The van der Waals surface area contributed by atoms with Gasteiger partial charge < -0.3 is 15.0 Å². The van der Waals surface area contributed by atoms with Gasteiger partial charge in [0, 0.05) is 24.3 Å². The fourth-order valence-electron chi connectivity index (χ4n) is 4.18. The number of unbranched alkanes of at least 4 members (excludes halogenated alkanes) is 2. The van der Waals surface area contributed by atoms with Crippen molar-refractivity contribution in [3.63, 3.8) is 0 Å². The molecular formula is C27H33N3O5. The molecule has 8 nitrogen and oxygen atoms in total. The molecule has 2 aromatic rings. The second-order valence-corrected chi connectivity index (χ2v) is 9.10. The largest absolute Gasteiger partial charge is 0.494 e. The monoisotopic (exact) mass is 479 g/mol. The fourth-order valence-corrected chi connectivity index (χ4v) is 4.18. The first-order valence-corrected chi connectivity index (χ1v) is 12.0. The number of fused-ring (bicyclic) bond motifs is 1. The molecule has 1 N–H and O–H groups in total. The van der Waals surface area contributed by atoms with Crippen molar-refractivity contribution in [2.45, 2.75) is 59.0 Å². The fraction of sp³-hybridized carbons (Fsp3) is 0.407. The Hall–Kier alpha value is -3.68. The molecule has 186 valence electrons. The molecule has 0 saturated heterocycles. The van der Waals surface area contributed by atoms with Crippen molar-refractivity contribution in [3.8, 4) is 5.75 Å². The van der Waals surface area contributed by atoms with Gasteiger partial charge in [0.05, 0.1) is 17.7 Å². The summed E-state index contributed by atoms with van der Waals surface area (Å²) in [5, 5.41) is 2.64. The standard InChI is InChI=1S/C27H33N3O5/c1-18(2)30(19(3)4)27(34)24(31)28-20-12-14-21(15-13-20)35-17-9-5-8-16-29-25(32)22-10-6-7-11-23(22)26(29)33/h6-7,10-15,18-19H,5,8-9,16-17H2,1-4H3,(H,28,31). The number of nitrogens with one attached hydrogen (secondary N) is 1. The van der Waals surface area contributed by atoms with Crippen molar-refractivity contribution >= 4 is 29.3 Å². The third-order valence-corrected chi connectivity index (χ3v) is 5.83. The summed E-state index contributed by atoms with van der Waals surface area (Å²) in [6.45, 7) is 8.39. The van der Waals surface area contributed by atoms with Crippen LogP contribution in [0.1, 0.15) is 67.7 Å². The van der Waals surface area contributed by atoms with E-state index in [1.807, 2.05) is 27.7 Å². The minimum Gasteiger partial charge on any atom is -0.494 e. The minimum absolute atomic E-state index is 0.0725. The maximum atomic E-state index is 12.5. The third kappa shape index (κ3) is 6.26. The van der Waals surface area contributed by atoms with Crippen LogP contribution in [0.15, 0.2) is 48.5 Å². The Morgan fingerprint density at radius 1 is 0.857 bits per heavy atom. The molecule has 8 heteroatoms. The molecule has 0 saturated carbocycles. The van der Waals surface area contributed by atoms with Crippen LogP contribution in [0.3, 0.4) is 0 Å². The van der Waals surface area contributed by atoms with Gasteiger partial charge in [0.25, 0.3) is 11.8 Å². The third-order valence-electron chi connectivity index (χ3n) is 5.83. The normalized spacial score (nSPS) is 12.8. The summed E-state index contributed by atoms with van der Waals surface area (Å²) in [6.07, 6.45) is 2.29. The highest BCUT2D eigenvalue weighted by molar-refractivity contribution is 6.39. The van der Waals surface area contributed by atoms with Crippen LogP contribution in [-0.2, 0) is 9.59 Å². The second kappa shape index (κ2) is 11.6. The predicted octanol–water partition coefficient (Wildman–Crippen LogP) is 4.12. The molecule has 0 aromatic heterocycles. The number of carbonyl (C=O) groups excluding carboxylic acids is 4. The molecule has 3 rings (SSSR count). The van der Waals surface area contributed by atoms with Crippen molar-refractivity contribution in [2.24, 2.45) is 0 Å². The van der Waals surface area contributed by atoms with Crippen LogP contribution in [0.25, 0.3) is 0 Å². The first kappa shape index (κ1) is 25.9. The number of benzene rings is 2. The molecule has 0 spiro atoms. The first-order chi connectivity index (χ1) is 16.7. The molecule has 35 heavy (non-hydrogen) atoms. The summed E-state index contributed by atoms with van der Waals surface area (Å²) >= 11 is 0. The van der Waals surface area contributed by atoms with Gasteiger partial charge in [-0.1, -0.05) is 12.1 Å². The molecular weight excluding hydrogens is 446 g/mol. The van der Waals surface area contributed by atoms with Gasteiger partial charge in [-0.05, 0) is 83.4 Å². The van der Waals surface area contributed by atoms with Gasteiger partial charge in [-0.2, -0.15) is 0 Å². The molecule has 4 amide bonds. The van der Waals surface area contributed by atoms with Crippen LogP contribution < -0.4 is 10.1 Å². The van der Waals surface area contributed by atoms with Crippen LogP contribution in [0.5, 0.6) is 5.75 Å². The maximum Gasteiger partial charge on any atom is 0.313 e. The molecule has 1 aliphatic rings. The molecule has 0 aliphatic carbocycles. The van der Waals surface area contributed by atoms with Gasteiger partial charge >= 0.3 is 11.8 Å². The van der Waals surface area contributed by atoms with E-state index in [-0.39, 0.29) is 23.9 Å². The average Bonchev–Trinajstić information content (AvgIpc) is 3.06. The summed E-state index contributed by atoms with van der Waals surface area (Å²) in [4.78, 5) is 52.4. The zero-order chi connectivity index (χ0) is 25.5. The van der Waals surface area contributed by atoms with Crippen LogP contribution in [-0.4, -0.2) is 58.7 Å². The number of anilines is 1.